The van der Waals surface area contributed by atoms with Gasteiger partial charge in [-0.1, -0.05) is 0 Å². The van der Waals surface area contributed by atoms with Crippen LogP contribution in [-0.4, -0.2) is 28.5 Å². The van der Waals surface area contributed by atoms with Crippen molar-refractivity contribution >= 4 is 0 Å². The van der Waals surface area contributed by atoms with Crippen molar-refractivity contribution in [3.05, 3.63) is 18.0 Å². The van der Waals surface area contributed by atoms with E-state index in [1.54, 1.807) is 10.9 Å². The summed E-state index contributed by atoms with van der Waals surface area (Å²) in [6.07, 6.45) is 3.63. The minimum absolute atomic E-state index is 0.00343. The van der Waals surface area contributed by atoms with Crippen LogP contribution < -0.4 is 5.32 Å². The van der Waals surface area contributed by atoms with Crippen molar-refractivity contribution in [1.82, 2.24) is 15.1 Å². The van der Waals surface area contributed by atoms with Crippen LogP contribution in [0.25, 0.3) is 0 Å². The van der Waals surface area contributed by atoms with Crippen LogP contribution >= 0.6 is 0 Å². The minimum atomic E-state index is 0.00343. The second kappa shape index (κ2) is 3.50. The minimum Gasteiger partial charge on any atom is -0.394 e. The maximum atomic E-state index is 8.89. The second-order valence-corrected chi connectivity index (χ2v) is 2.47. The molecular formula is C7H13N3O. The van der Waals surface area contributed by atoms with Crippen molar-refractivity contribution < 1.29 is 5.11 Å². The van der Waals surface area contributed by atoms with Gasteiger partial charge in [-0.25, -0.2) is 0 Å². The fraction of sp³-hybridized carbons (Fsp3) is 0.571. The first-order valence-electron chi connectivity index (χ1n) is 3.54. The van der Waals surface area contributed by atoms with Crippen LogP contribution in [-0.2, 0) is 7.05 Å². The molecule has 1 atom stereocenters. The van der Waals surface area contributed by atoms with Crippen LogP contribution in [0.5, 0.6) is 0 Å². The summed E-state index contributed by atoms with van der Waals surface area (Å²) < 4.78 is 1.72. The summed E-state index contributed by atoms with van der Waals surface area (Å²) in [6.45, 7) is 0.0994. The highest BCUT2D eigenvalue weighted by atomic mass is 16.3. The molecule has 4 nitrogen and oxygen atoms in total. The third kappa shape index (κ3) is 1.78. The van der Waals surface area contributed by atoms with E-state index in [9.17, 15) is 0 Å². The Morgan fingerprint density at radius 2 is 2.55 bits per heavy atom. The van der Waals surface area contributed by atoms with Gasteiger partial charge in [0, 0.05) is 18.8 Å². The summed E-state index contributed by atoms with van der Waals surface area (Å²) >= 11 is 0. The molecule has 4 heteroatoms. The van der Waals surface area contributed by atoms with Crippen LogP contribution in [0.2, 0.25) is 0 Å². The molecule has 1 aromatic heterocycles. The van der Waals surface area contributed by atoms with Gasteiger partial charge >= 0.3 is 0 Å². The summed E-state index contributed by atoms with van der Waals surface area (Å²) in [7, 11) is 3.67. The fourth-order valence-corrected chi connectivity index (χ4v) is 0.983. The largest absolute Gasteiger partial charge is 0.394 e. The van der Waals surface area contributed by atoms with E-state index < -0.39 is 0 Å². The number of aliphatic hydroxyl groups excluding tert-OH is 1. The van der Waals surface area contributed by atoms with Gasteiger partial charge in [-0.15, -0.1) is 0 Å². The van der Waals surface area contributed by atoms with Crippen LogP contribution in [0.4, 0.5) is 0 Å². The monoisotopic (exact) mass is 155 g/mol. The van der Waals surface area contributed by atoms with Crippen LogP contribution in [0.3, 0.4) is 0 Å². The van der Waals surface area contributed by atoms with E-state index >= 15 is 0 Å². The molecule has 0 aromatic carbocycles. The summed E-state index contributed by atoms with van der Waals surface area (Å²) in [5.74, 6) is 0. The molecule has 62 valence electrons. The molecule has 1 rings (SSSR count). The molecule has 0 amide bonds. The third-order valence-corrected chi connectivity index (χ3v) is 1.66. The highest BCUT2D eigenvalue weighted by Gasteiger charge is 2.08. The lowest BCUT2D eigenvalue weighted by molar-refractivity contribution is 0.251. The van der Waals surface area contributed by atoms with Crippen LogP contribution in [0, 0.1) is 0 Å². The molecule has 0 saturated carbocycles. The number of likely N-dealkylation sites (N-methyl/N-ethyl adjacent to an activating group) is 1. The predicted octanol–water partition coefficient (Wildman–Crippen LogP) is -0.327. The molecule has 0 fully saturated rings. The van der Waals surface area contributed by atoms with Crippen molar-refractivity contribution in [2.24, 2.45) is 7.05 Å². The average molecular weight is 155 g/mol. The van der Waals surface area contributed by atoms with Crippen LogP contribution in [0.15, 0.2) is 12.4 Å². The van der Waals surface area contributed by atoms with Crippen molar-refractivity contribution in [2.75, 3.05) is 13.7 Å². The highest BCUT2D eigenvalue weighted by molar-refractivity contribution is 5.09. The molecule has 0 aliphatic heterocycles. The highest BCUT2D eigenvalue weighted by Crippen LogP contribution is 2.08. The maximum Gasteiger partial charge on any atom is 0.0627 e. The second-order valence-electron chi connectivity index (χ2n) is 2.47. The zero-order chi connectivity index (χ0) is 8.27. The lowest BCUT2D eigenvalue weighted by Gasteiger charge is -2.09. The number of rotatable bonds is 3. The fourth-order valence-electron chi connectivity index (χ4n) is 0.983. The number of aliphatic hydroxyl groups is 1. The zero-order valence-electron chi connectivity index (χ0n) is 6.78. The summed E-state index contributed by atoms with van der Waals surface area (Å²) in [4.78, 5) is 0. The Kier molecular flexibility index (Phi) is 2.62. The Labute approximate surface area is 65.8 Å². The van der Waals surface area contributed by atoms with E-state index in [4.69, 9.17) is 5.11 Å². The SMILES string of the molecule is CNC(CO)c1cnn(C)c1. The molecule has 2 N–H and O–H groups in total. The van der Waals surface area contributed by atoms with Gasteiger partial charge in [-0.3, -0.25) is 4.68 Å². The Bertz CT molecular complexity index is 217. The Hall–Kier alpha value is -0.870. The van der Waals surface area contributed by atoms with E-state index in [0.717, 1.165) is 5.56 Å². The lowest BCUT2D eigenvalue weighted by atomic mass is 10.2. The summed E-state index contributed by atoms with van der Waals surface area (Å²) in [5.41, 5.74) is 1.01. The third-order valence-electron chi connectivity index (χ3n) is 1.66. The maximum absolute atomic E-state index is 8.89. The zero-order valence-corrected chi connectivity index (χ0v) is 6.78. The average Bonchev–Trinajstić information content (AvgIpc) is 2.39. The molecule has 1 unspecified atom stereocenters. The summed E-state index contributed by atoms with van der Waals surface area (Å²) in [5, 5.41) is 15.9. The standard InChI is InChI=1S/C7H13N3O/c1-8-7(5-11)6-3-9-10(2)4-6/h3-4,7-8,11H,5H2,1-2H3. The first kappa shape index (κ1) is 8.23. The van der Waals surface area contributed by atoms with E-state index in [0.29, 0.717) is 0 Å². The van der Waals surface area contributed by atoms with Gasteiger partial charge in [-0.2, -0.15) is 5.10 Å². The lowest BCUT2D eigenvalue weighted by Crippen LogP contribution is -2.19. The Morgan fingerprint density at radius 1 is 1.82 bits per heavy atom. The smallest absolute Gasteiger partial charge is 0.0627 e. The molecule has 0 radical (unpaired) electrons. The van der Waals surface area contributed by atoms with Crippen molar-refractivity contribution in [3.63, 3.8) is 0 Å². The van der Waals surface area contributed by atoms with E-state index in [1.807, 2.05) is 20.3 Å². The number of hydrogen-bond acceptors (Lipinski definition) is 3. The van der Waals surface area contributed by atoms with E-state index in [1.165, 1.54) is 0 Å². The number of nitrogens with zero attached hydrogens (tertiary/aromatic N) is 2. The molecule has 0 aliphatic rings. The van der Waals surface area contributed by atoms with Crippen LogP contribution in [0.1, 0.15) is 11.6 Å². The number of nitrogens with one attached hydrogen (secondary N) is 1. The quantitative estimate of drug-likeness (QED) is 0.628. The predicted molar refractivity (Wildman–Crippen MR) is 42.1 cm³/mol. The molecular weight excluding hydrogens is 142 g/mol. The Morgan fingerprint density at radius 3 is 2.91 bits per heavy atom. The normalized spacial score (nSPS) is 13.4. The van der Waals surface area contributed by atoms with Gasteiger partial charge in [0.15, 0.2) is 0 Å². The van der Waals surface area contributed by atoms with Crippen molar-refractivity contribution in [3.8, 4) is 0 Å². The molecule has 11 heavy (non-hydrogen) atoms. The van der Waals surface area contributed by atoms with Gasteiger partial charge in [-0.05, 0) is 7.05 Å². The first-order chi connectivity index (χ1) is 5.27. The Balaban J connectivity index is 2.73. The van der Waals surface area contributed by atoms with E-state index in [2.05, 4.69) is 10.4 Å². The number of hydrogen-bond donors (Lipinski definition) is 2. The molecule has 0 saturated heterocycles. The van der Waals surface area contributed by atoms with Gasteiger partial charge in [0.25, 0.3) is 0 Å². The van der Waals surface area contributed by atoms with E-state index in [-0.39, 0.29) is 12.6 Å². The van der Waals surface area contributed by atoms with Crippen molar-refractivity contribution in [2.45, 2.75) is 6.04 Å². The first-order valence-corrected chi connectivity index (χ1v) is 3.54. The molecule has 0 spiro atoms. The molecule has 0 bridgehead atoms. The van der Waals surface area contributed by atoms with Gasteiger partial charge in [0.2, 0.25) is 0 Å². The summed E-state index contributed by atoms with van der Waals surface area (Å²) in [6, 6.07) is 0.00343. The molecule has 1 heterocycles. The topological polar surface area (TPSA) is 50.1 Å². The van der Waals surface area contributed by atoms with Gasteiger partial charge in [0.05, 0.1) is 18.8 Å². The number of aromatic nitrogens is 2. The molecule has 0 aliphatic carbocycles. The molecule has 1 aromatic rings. The van der Waals surface area contributed by atoms with Gasteiger partial charge < -0.3 is 10.4 Å². The van der Waals surface area contributed by atoms with Gasteiger partial charge in [0.1, 0.15) is 0 Å². The van der Waals surface area contributed by atoms with Crippen molar-refractivity contribution in [1.29, 1.82) is 0 Å². The number of aryl methyl sites for hydroxylation is 1.